The van der Waals surface area contributed by atoms with Gasteiger partial charge in [0.25, 0.3) is 0 Å². The third-order valence-corrected chi connectivity index (χ3v) is 3.60. The van der Waals surface area contributed by atoms with Crippen LogP contribution in [0, 0.1) is 0 Å². The maximum Gasteiger partial charge on any atom is 0.00795 e. The predicted octanol–water partition coefficient (Wildman–Crippen LogP) is 3.51. The molecule has 0 aliphatic rings. The molecule has 90 valence electrons. The molecule has 1 aromatic heterocycles. The van der Waals surface area contributed by atoms with Crippen molar-refractivity contribution in [3.8, 4) is 0 Å². The molecule has 17 heavy (non-hydrogen) atoms. The van der Waals surface area contributed by atoms with Crippen LogP contribution in [-0.4, -0.2) is 12.6 Å². The highest BCUT2D eigenvalue weighted by Crippen LogP contribution is 2.08. The smallest absolute Gasteiger partial charge is 0.00795 e. The first kappa shape index (κ1) is 12.3. The highest BCUT2D eigenvalue weighted by molar-refractivity contribution is 7.07. The van der Waals surface area contributed by atoms with Crippen molar-refractivity contribution in [3.63, 3.8) is 0 Å². The summed E-state index contributed by atoms with van der Waals surface area (Å²) >= 11 is 1.77. The maximum absolute atomic E-state index is 3.57. The standard InChI is InChI=1S/C15H19NS/c1-13(11-15-8-10-17-12-15)16-9-7-14-5-3-2-4-6-14/h2-6,8,10,12-13,16H,7,9,11H2,1H3. The lowest BCUT2D eigenvalue weighted by Gasteiger charge is -2.12. The first-order chi connectivity index (χ1) is 8.34. The van der Waals surface area contributed by atoms with E-state index < -0.39 is 0 Å². The highest BCUT2D eigenvalue weighted by atomic mass is 32.1. The number of thiophene rings is 1. The lowest BCUT2D eigenvalue weighted by Crippen LogP contribution is -2.29. The van der Waals surface area contributed by atoms with Crippen LogP contribution in [-0.2, 0) is 12.8 Å². The lowest BCUT2D eigenvalue weighted by molar-refractivity contribution is 0.549. The van der Waals surface area contributed by atoms with Crippen molar-refractivity contribution in [2.24, 2.45) is 0 Å². The highest BCUT2D eigenvalue weighted by Gasteiger charge is 2.02. The summed E-state index contributed by atoms with van der Waals surface area (Å²) < 4.78 is 0. The molecule has 1 unspecified atom stereocenters. The molecule has 2 aromatic rings. The Bertz CT molecular complexity index is 408. The maximum atomic E-state index is 3.57. The van der Waals surface area contributed by atoms with Gasteiger partial charge in [0.1, 0.15) is 0 Å². The van der Waals surface area contributed by atoms with Crippen LogP contribution in [0.15, 0.2) is 47.2 Å². The van der Waals surface area contributed by atoms with Gasteiger partial charge in [0.2, 0.25) is 0 Å². The van der Waals surface area contributed by atoms with E-state index in [2.05, 4.69) is 59.4 Å². The molecule has 1 N–H and O–H groups in total. The van der Waals surface area contributed by atoms with E-state index in [1.54, 1.807) is 11.3 Å². The fourth-order valence-electron chi connectivity index (χ4n) is 1.94. The van der Waals surface area contributed by atoms with Gasteiger partial charge in [-0.15, -0.1) is 0 Å². The molecule has 0 fully saturated rings. The third-order valence-electron chi connectivity index (χ3n) is 2.87. The summed E-state index contributed by atoms with van der Waals surface area (Å²) in [6.45, 7) is 3.30. The second kappa shape index (κ2) is 6.58. The quantitative estimate of drug-likeness (QED) is 0.821. The minimum atomic E-state index is 0.549. The summed E-state index contributed by atoms with van der Waals surface area (Å²) in [7, 11) is 0. The van der Waals surface area contributed by atoms with E-state index in [0.717, 1.165) is 19.4 Å². The normalized spacial score (nSPS) is 12.5. The molecular formula is C15H19NS. The zero-order valence-corrected chi connectivity index (χ0v) is 11.0. The average Bonchev–Trinajstić information content (AvgIpc) is 2.83. The van der Waals surface area contributed by atoms with Gasteiger partial charge in [-0.25, -0.2) is 0 Å². The van der Waals surface area contributed by atoms with Crippen molar-refractivity contribution >= 4 is 11.3 Å². The van der Waals surface area contributed by atoms with Gasteiger partial charge in [-0.05, 0) is 54.3 Å². The summed E-state index contributed by atoms with van der Waals surface area (Å²) in [5.74, 6) is 0. The fourth-order valence-corrected chi connectivity index (χ4v) is 2.62. The second-order valence-electron chi connectivity index (χ2n) is 4.43. The van der Waals surface area contributed by atoms with Gasteiger partial charge >= 0.3 is 0 Å². The van der Waals surface area contributed by atoms with E-state index in [9.17, 15) is 0 Å². The van der Waals surface area contributed by atoms with E-state index >= 15 is 0 Å². The van der Waals surface area contributed by atoms with Crippen molar-refractivity contribution < 1.29 is 0 Å². The monoisotopic (exact) mass is 245 g/mol. The molecule has 1 aromatic carbocycles. The molecule has 0 aliphatic carbocycles. The molecule has 0 spiro atoms. The van der Waals surface area contributed by atoms with Gasteiger partial charge in [0.15, 0.2) is 0 Å². The van der Waals surface area contributed by atoms with Crippen LogP contribution in [0.1, 0.15) is 18.1 Å². The molecule has 0 amide bonds. The van der Waals surface area contributed by atoms with Gasteiger partial charge in [-0.2, -0.15) is 11.3 Å². The molecule has 0 radical (unpaired) electrons. The molecule has 1 heterocycles. The van der Waals surface area contributed by atoms with E-state index in [1.165, 1.54) is 11.1 Å². The average molecular weight is 245 g/mol. The largest absolute Gasteiger partial charge is 0.314 e. The molecule has 1 nitrogen and oxygen atoms in total. The first-order valence-corrected chi connectivity index (χ1v) is 7.07. The SMILES string of the molecule is CC(Cc1ccsc1)NCCc1ccccc1. The van der Waals surface area contributed by atoms with E-state index in [1.807, 2.05) is 0 Å². The van der Waals surface area contributed by atoms with Gasteiger partial charge in [0.05, 0.1) is 0 Å². The van der Waals surface area contributed by atoms with Gasteiger partial charge in [-0.3, -0.25) is 0 Å². The van der Waals surface area contributed by atoms with Crippen LogP contribution in [0.3, 0.4) is 0 Å². The number of benzene rings is 1. The zero-order valence-electron chi connectivity index (χ0n) is 10.2. The van der Waals surface area contributed by atoms with Crippen LogP contribution in [0.4, 0.5) is 0 Å². The Morgan fingerprint density at radius 2 is 1.94 bits per heavy atom. The van der Waals surface area contributed by atoms with Crippen LogP contribution >= 0.6 is 11.3 Å². The number of nitrogens with one attached hydrogen (secondary N) is 1. The molecule has 2 rings (SSSR count). The minimum absolute atomic E-state index is 0.549. The molecule has 0 bridgehead atoms. The van der Waals surface area contributed by atoms with Crippen molar-refractivity contribution in [2.75, 3.05) is 6.54 Å². The van der Waals surface area contributed by atoms with Gasteiger partial charge < -0.3 is 5.32 Å². The Morgan fingerprint density at radius 1 is 1.12 bits per heavy atom. The Balaban J connectivity index is 1.68. The van der Waals surface area contributed by atoms with E-state index in [-0.39, 0.29) is 0 Å². The Hall–Kier alpha value is -1.12. The third kappa shape index (κ3) is 4.33. The molecule has 0 aliphatic heterocycles. The zero-order chi connectivity index (χ0) is 11.9. The summed E-state index contributed by atoms with van der Waals surface area (Å²) in [6.07, 6.45) is 2.23. The van der Waals surface area contributed by atoms with Gasteiger partial charge in [0, 0.05) is 6.04 Å². The Morgan fingerprint density at radius 3 is 2.65 bits per heavy atom. The van der Waals surface area contributed by atoms with Crippen molar-refractivity contribution in [1.82, 2.24) is 5.32 Å². The fraction of sp³-hybridized carbons (Fsp3) is 0.333. The minimum Gasteiger partial charge on any atom is -0.314 e. The van der Waals surface area contributed by atoms with Crippen LogP contribution < -0.4 is 5.32 Å². The molecule has 1 atom stereocenters. The number of hydrogen-bond acceptors (Lipinski definition) is 2. The summed E-state index contributed by atoms with van der Waals surface area (Å²) in [4.78, 5) is 0. The molecule has 0 saturated heterocycles. The topological polar surface area (TPSA) is 12.0 Å². The van der Waals surface area contributed by atoms with Gasteiger partial charge in [-0.1, -0.05) is 30.3 Å². The van der Waals surface area contributed by atoms with Crippen molar-refractivity contribution in [2.45, 2.75) is 25.8 Å². The molecule has 2 heteroatoms. The second-order valence-corrected chi connectivity index (χ2v) is 5.21. The molecule has 0 saturated carbocycles. The van der Waals surface area contributed by atoms with Crippen molar-refractivity contribution in [1.29, 1.82) is 0 Å². The first-order valence-electron chi connectivity index (χ1n) is 6.13. The van der Waals surface area contributed by atoms with Crippen LogP contribution in [0.2, 0.25) is 0 Å². The predicted molar refractivity (Wildman–Crippen MR) is 75.6 cm³/mol. The Kier molecular flexibility index (Phi) is 4.77. The summed E-state index contributed by atoms with van der Waals surface area (Å²) in [6, 6.07) is 13.4. The summed E-state index contributed by atoms with van der Waals surface area (Å²) in [5.41, 5.74) is 2.84. The molecular weight excluding hydrogens is 226 g/mol. The Labute approximate surface area is 108 Å². The number of hydrogen-bond donors (Lipinski definition) is 1. The van der Waals surface area contributed by atoms with Crippen LogP contribution in [0.25, 0.3) is 0 Å². The summed E-state index contributed by atoms with van der Waals surface area (Å²) in [5, 5.41) is 7.95. The number of rotatable bonds is 6. The van der Waals surface area contributed by atoms with Crippen LogP contribution in [0.5, 0.6) is 0 Å². The van der Waals surface area contributed by atoms with E-state index in [4.69, 9.17) is 0 Å². The lowest BCUT2D eigenvalue weighted by atomic mass is 10.1. The van der Waals surface area contributed by atoms with Crippen molar-refractivity contribution in [3.05, 3.63) is 58.3 Å². The van der Waals surface area contributed by atoms with E-state index in [0.29, 0.717) is 6.04 Å².